The maximum Gasteiger partial charge on any atom is 0.169 e. The van der Waals surface area contributed by atoms with Crippen LogP contribution in [0.4, 0.5) is 4.39 Å². The van der Waals surface area contributed by atoms with E-state index in [2.05, 4.69) is 12.2 Å². The third-order valence-corrected chi connectivity index (χ3v) is 4.56. The second kappa shape index (κ2) is 7.02. The van der Waals surface area contributed by atoms with Gasteiger partial charge in [-0.05, 0) is 37.0 Å². The number of hydrogen-bond donors (Lipinski definition) is 1. The van der Waals surface area contributed by atoms with E-state index in [0.717, 1.165) is 0 Å². The molecule has 0 radical (unpaired) electrons. The molecule has 2 rings (SSSR count). The Morgan fingerprint density at radius 2 is 2.05 bits per heavy atom. The fourth-order valence-corrected chi connectivity index (χ4v) is 2.97. The normalized spacial score (nSPS) is 22.4. The summed E-state index contributed by atoms with van der Waals surface area (Å²) in [7, 11) is 1.91. The molecule has 2 atom stereocenters. The van der Waals surface area contributed by atoms with Crippen molar-refractivity contribution in [1.29, 1.82) is 0 Å². The van der Waals surface area contributed by atoms with Crippen molar-refractivity contribution >= 4 is 17.3 Å². The van der Waals surface area contributed by atoms with Crippen LogP contribution in [0.5, 0.6) is 0 Å². The van der Waals surface area contributed by atoms with Crippen LogP contribution >= 0.6 is 12.2 Å². The highest BCUT2D eigenvalue weighted by Gasteiger charge is 2.22. The molecule has 0 saturated heterocycles. The van der Waals surface area contributed by atoms with E-state index >= 15 is 0 Å². The van der Waals surface area contributed by atoms with Crippen molar-refractivity contribution in [1.82, 2.24) is 10.2 Å². The van der Waals surface area contributed by atoms with Gasteiger partial charge in [-0.25, -0.2) is 4.39 Å². The van der Waals surface area contributed by atoms with Gasteiger partial charge in [0.1, 0.15) is 5.82 Å². The van der Waals surface area contributed by atoms with Gasteiger partial charge in [0, 0.05) is 25.2 Å². The average molecular weight is 294 g/mol. The second-order valence-corrected chi connectivity index (χ2v) is 6.15. The number of halogens is 1. The van der Waals surface area contributed by atoms with Gasteiger partial charge in [-0.1, -0.05) is 38.0 Å². The molecule has 1 aliphatic rings. The van der Waals surface area contributed by atoms with E-state index in [9.17, 15) is 4.39 Å². The fourth-order valence-electron chi connectivity index (χ4n) is 2.75. The van der Waals surface area contributed by atoms with Crippen molar-refractivity contribution in [3.05, 3.63) is 35.6 Å². The zero-order valence-electron chi connectivity index (χ0n) is 12.2. The lowest BCUT2D eigenvalue weighted by Crippen LogP contribution is -2.46. The second-order valence-electron chi connectivity index (χ2n) is 5.77. The van der Waals surface area contributed by atoms with E-state index in [-0.39, 0.29) is 5.82 Å². The molecular formula is C16H23FN2S. The van der Waals surface area contributed by atoms with E-state index in [1.807, 2.05) is 18.0 Å². The summed E-state index contributed by atoms with van der Waals surface area (Å²) in [6.07, 6.45) is 5.02. The maximum atomic E-state index is 13.6. The summed E-state index contributed by atoms with van der Waals surface area (Å²) in [4.78, 5) is 1.91. The first-order valence-electron chi connectivity index (χ1n) is 7.33. The molecule has 2 nitrogen and oxygen atoms in total. The highest BCUT2D eigenvalue weighted by Crippen LogP contribution is 2.23. The molecule has 1 aliphatic carbocycles. The Hall–Kier alpha value is -1.16. The highest BCUT2D eigenvalue weighted by molar-refractivity contribution is 7.80. The molecular weight excluding hydrogens is 271 g/mol. The lowest BCUT2D eigenvalue weighted by molar-refractivity contribution is 0.300. The predicted molar refractivity (Wildman–Crippen MR) is 85.0 cm³/mol. The molecule has 1 aromatic carbocycles. The van der Waals surface area contributed by atoms with Gasteiger partial charge in [0.15, 0.2) is 5.11 Å². The number of benzene rings is 1. The van der Waals surface area contributed by atoms with E-state index in [1.165, 1.54) is 31.7 Å². The van der Waals surface area contributed by atoms with Gasteiger partial charge in [0.2, 0.25) is 0 Å². The summed E-state index contributed by atoms with van der Waals surface area (Å²) in [6.45, 7) is 2.77. The lowest BCUT2D eigenvalue weighted by atomic mass is 9.86. The maximum absolute atomic E-state index is 13.6. The summed E-state index contributed by atoms with van der Waals surface area (Å²) >= 11 is 5.45. The van der Waals surface area contributed by atoms with Gasteiger partial charge in [-0.15, -0.1) is 0 Å². The van der Waals surface area contributed by atoms with Crippen LogP contribution in [0.2, 0.25) is 0 Å². The summed E-state index contributed by atoms with van der Waals surface area (Å²) in [6, 6.07) is 7.31. The zero-order chi connectivity index (χ0) is 14.5. The standard InChI is InChI=1S/C16H23FN2S/c1-12-7-3-6-10-15(12)18-16(20)19(2)11-13-8-4-5-9-14(13)17/h4-5,8-9,12,15H,3,6-7,10-11H2,1-2H3,(H,18,20)/t12-,15-/m1/s1. The van der Waals surface area contributed by atoms with Gasteiger partial charge < -0.3 is 10.2 Å². The molecule has 1 N–H and O–H groups in total. The van der Waals surface area contributed by atoms with Crippen molar-refractivity contribution in [3.63, 3.8) is 0 Å². The van der Waals surface area contributed by atoms with Crippen molar-refractivity contribution in [3.8, 4) is 0 Å². The highest BCUT2D eigenvalue weighted by atomic mass is 32.1. The molecule has 1 fully saturated rings. The van der Waals surface area contributed by atoms with Crippen LogP contribution in [0, 0.1) is 11.7 Å². The monoisotopic (exact) mass is 294 g/mol. The first kappa shape index (κ1) is 15.2. The summed E-state index contributed by atoms with van der Waals surface area (Å²) in [5, 5.41) is 4.16. The first-order valence-corrected chi connectivity index (χ1v) is 7.74. The Bertz CT molecular complexity index is 464. The van der Waals surface area contributed by atoms with Crippen LogP contribution in [0.25, 0.3) is 0 Å². The van der Waals surface area contributed by atoms with Crippen LogP contribution < -0.4 is 5.32 Å². The molecule has 0 unspecified atom stereocenters. The minimum atomic E-state index is -0.173. The topological polar surface area (TPSA) is 15.3 Å². The van der Waals surface area contributed by atoms with Crippen molar-refractivity contribution in [2.45, 2.75) is 45.2 Å². The molecule has 1 aromatic rings. The third-order valence-electron chi connectivity index (χ3n) is 4.13. The Morgan fingerprint density at radius 1 is 1.35 bits per heavy atom. The Morgan fingerprint density at radius 3 is 2.75 bits per heavy atom. The SMILES string of the molecule is C[C@@H]1CCCC[C@H]1NC(=S)N(C)Cc1ccccc1F. The number of thiocarbonyl (C=S) groups is 1. The van der Waals surface area contributed by atoms with Crippen molar-refractivity contribution in [2.75, 3.05) is 7.05 Å². The fraction of sp³-hybridized carbons (Fsp3) is 0.562. The average Bonchev–Trinajstić information content (AvgIpc) is 2.43. The molecule has 0 heterocycles. The molecule has 4 heteroatoms. The van der Waals surface area contributed by atoms with Gasteiger partial charge in [0.05, 0.1) is 0 Å². The van der Waals surface area contributed by atoms with Crippen LogP contribution in [0.3, 0.4) is 0 Å². The summed E-state index contributed by atoms with van der Waals surface area (Å²) in [5.74, 6) is 0.483. The van der Waals surface area contributed by atoms with Gasteiger partial charge in [0.25, 0.3) is 0 Å². The molecule has 1 saturated carbocycles. The van der Waals surface area contributed by atoms with Gasteiger partial charge in [-0.2, -0.15) is 0 Å². The molecule has 0 spiro atoms. The minimum Gasteiger partial charge on any atom is -0.360 e. The third kappa shape index (κ3) is 3.92. The number of hydrogen-bond acceptors (Lipinski definition) is 1. The molecule has 0 aromatic heterocycles. The van der Waals surface area contributed by atoms with E-state index in [4.69, 9.17) is 12.2 Å². The Kier molecular flexibility index (Phi) is 5.35. The molecule has 0 bridgehead atoms. The lowest BCUT2D eigenvalue weighted by Gasteiger charge is -2.33. The van der Waals surface area contributed by atoms with Crippen LogP contribution in [-0.2, 0) is 6.54 Å². The number of nitrogens with zero attached hydrogens (tertiary/aromatic N) is 1. The largest absolute Gasteiger partial charge is 0.360 e. The number of rotatable bonds is 3. The van der Waals surface area contributed by atoms with Crippen molar-refractivity contribution in [2.24, 2.45) is 5.92 Å². The first-order chi connectivity index (χ1) is 9.58. The molecule has 0 aliphatic heterocycles. The van der Waals surface area contributed by atoms with E-state index in [0.29, 0.717) is 29.2 Å². The smallest absolute Gasteiger partial charge is 0.169 e. The van der Waals surface area contributed by atoms with Crippen LogP contribution in [0.15, 0.2) is 24.3 Å². The van der Waals surface area contributed by atoms with Gasteiger partial charge >= 0.3 is 0 Å². The predicted octanol–water partition coefficient (Wildman–Crippen LogP) is 3.71. The van der Waals surface area contributed by atoms with Gasteiger partial charge in [-0.3, -0.25) is 0 Å². The zero-order valence-corrected chi connectivity index (χ0v) is 13.0. The quantitative estimate of drug-likeness (QED) is 0.856. The molecule has 20 heavy (non-hydrogen) atoms. The Balaban J connectivity index is 1.90. The Labute approximate surface area is 126 Å². The van der Waals surface area contributed by atoms with Crippen LogP contribution in [0.1, 0.15) is 38.2 Å². The van der Waals surface area contributed by atoms with Crippen molar-refractivity contribution < 1.29 is 4.39 Å². The molecule has 110 valence electrons. The molecule has 0 amide bonds. The summed E-state index contributed by atoms with van der Waals surface area (Å²) in [5.41, 5.74) is 0.677. The number of nitrogens with one attached hydrogen (secondary N) is 1. The summed E-state index contributed by atoms with van der Waals surface area (Å²) < 4.78 is 13.6. The van der Waals surface area contributed by atoms with Crippen LogP contribution in [-0.4, -0.2) is 23.1 Å². The van der Waals surface area contributed by atoms with E-state index in [1.54, 1.807) is 12.1 Å². The van der Waals surface area contributed by atoms with E-state index < -0.39 is 0 Å². The minimum absolute atomic E-state index is 0.173.